The lowest BCUT2D eigenvalue weighted by Crippen LogP contribution is -2.30. The van der Waals surface area contributed by atoms with Crippen molar-refractivity contribution >= 4 is 17.4 Å². The maximum absolute atomic E-state index is 14.6. The number of anilines is 2. The first-order valence-electron chi connectivity index (χ1n) is 10.7. The molecule has 0 radical (unpaired) electrons. The molecule has 0 fully saturated rings. The number of aromatic nitrogens is 3. The number of rotatable bonds is 4. The van der Waals surface area contributed by atoms with Gasteiger partial charge in [-0.05, 0) is 24.3 Å². The van der Waals surface area contributed by atoms with Gasteiger partial charge in [-0.3, -0.25) is 9.48 Å². The third kappa shape index (κ3) is 6.43. The van der Waals surface area contributed by atoms with Crippen molar-refractivity contribution in [1.29, 1.82) is 0 Å². The molecular formula is C22H31F4N5O. The van der Waals surface area contributed by atoms with Gasteiger partial charge in [-0.15, -0.1) is 0 Å². The highest BCUT2D eigenvalue weighted by molar-refractivity contribution is 5.90. The second kappa shape index (κ2) is 9.87. The molecule has 0 atom stereocenters. The molecule has 0 aromatic carbocycles. The molecule has 1 N–H and O–H groups in total. The van der Waals surface area contributed by atoms with Gasteiger partial charge in [0.15, 0.2) is 11.6 Å². The van der Waals surface area contributed by atoms with E-state index in [9.17, 15) is 22.4 Å². The predicted octanol–water partition coefficient (Wildman–Crippen LogP) is 5.33. The van der Waals surface area contributed by atoms with Crippen LogP contribution in [0.1, 0.15) is 64.5 Å². The van der Waals surface area contributed by atoms with Crippen LogP contribution in [0.5, 0.6) is 0 Å². The van der Waals surface area contributed by atoms with Crippen LogP contribution in [0.4, 0.5) is 29.1 Å². The SMILES string of the molecule is CC.Cn1nc(CN2CCCc3nc(NC(=O)CC(C)(C)C)c(F)cc32)cc1C(F)(F)F. The van der Waals surface area contributed by atoms with Crippen molar-refractivity contribution in [3.63, 3.8) is 0 Å². The van der Waals surface area contributed by atoms with Crippen molar-refractivity contribution in [3.05, 3.63) is 35.0 Å². The first-order chi connectivity index (χ1) is 14.8. The Balaban J connectivity index is 0.00000176. The molecule has 0 spiro atoms. The summed E-state index contributed by atoms with van der Waals surface area (Å²) < 4.78 is 54.5. The van der Waals surface area contributed by atoms with Crippen LogP contribution >= 0.6 is 0 Å². The Kier molecular flexibility index (Phi) is 7.90. The van der Waals surface area contributed by atoms with Crippen LogP contribution in [0.15, 0.2) is 12.1 Å². The minimum absolute atomic E-state index is 0.105. The van der Waals surface area contributed by atoms with Crippen LogP contribution < -0.4 is 10.2 Å². The Hall–Kier alpha value is -2.65. The van der Waals surface area contributed by atoms with E-state index in [1.165, 1.54) is 13.1 Å². The quantitative estimate of drug-likeness (QED) is 0.631. The molecule has 6 nitrogen and oxygen atoms in total. The number of hydrogen-bond donors (Lipinski definition) is 1. The van der Waals surface area contributed by atoms with Crippen molar-refractivity contribution in [3.8, 4) is 0 Å². The van der Waals surface area contributed by atoms with Crippen molar-refractivity contribution in [2.45, 2.75) is 66.6 Å². The summed E-state index contributed by atoms with van der Waals surface area (Å²) in [5.74, 6) is -1.13. The monoisotopic (exact) mass is 457 g/mol. The van der Waals surface area contributed by atoms with Crippen LogP contribution in [-0.4, -0.2) is 27.2 Å². The van der Waals surface area contributed by atoms with Crippen LogP contribution in [0.25, 0.3) is 0 Å². The number of pyridine rings is 1. The molecule has 1 aliphatic rings. The van der Waals surface area contributed by atoms with Crippen molar-refractivity contribution < 1.29 is 22.4 Å². The van der Waals surface area contributed by atoms with Gasteiger partial charge < -0.3 is 10.2 Å². The molecule has 3 heterocycles. The van der Waals surface area contributed by atoms with Gasteiger partial charge in [0.05, 0.1) is 23.6 Å². The number of fused-ring (bicyclic) bond motifs is 1. The second-order valence-electron chi connectivity index (χ2n) is 8.74. The number of carbonyl (C=O) groups excluding carboxylic acids is 1. The molecule has 0 bridgehead atoms. The Morgan fingerprint density at radius 2 is 1.84 bits per heavy atom. The third-order valence-corrected chi connectivity index (χ3v) is 4.74. The predicted molar refractivity (Wildman–Crippen MR) is 116 cm³/mol. The largest absolute Gasteiger partial charge is 0.433 e. The van der Waals surface area contributed by atoms with E-state index in [0.717, 1.165) is 10.7 Å². The number of alkyl halides is 3. The Labute approximate surface area is 186 Å². The highest BCUT2D eigenvalue weighted by Gasteiger charge is 2.35. The molecule has 1 aliphatic heterocycles. The molecule has 32 heavy (non-hydrogen) atoms. The minimum Gasteiger partial charge on any atom is -0.364 e. The highest BCUT2D eigenvalue weighted by Crippen LogP contribution is 2.33. The Morgan fingerprint density at radius 3 is 2.41 bits per heavy atom. The molecule has 0 aliphatic carbocycles. The number of halogens is 4. The summed E-state index contributed by atoms with van der Waals surface area (Å²) in [6.07, 6.45) is -2.98. The zero-order valence-electron chi connectivity index (χ0n) is 19.4. The number of aryl methyl sites for hydroxylation is 2. The summed E-state index contributed by atoms with van der Waals surface area (Å²) in [7, 11) is 1.24. The van der Waals surface area contributed by atoms with E-state index in [-0.39, 0.29) is 35.8 Å². The van der Waals surface area contributed by atoms with Gasteiger partial charge in [0.25, 0.3) is 0 Å². The van der Waals surface area contributed by atoms with Gasteiger partial charge in [0.2, 0.25) is 5.91 Å². The molecule has 3 rings (SSSR count). The van der Waals surface area contributed by atoms with Gasteiger partial charge in [0.1, 0.15) is 5.69 Å². The fourth-order valence-corrected chi connectivity index (χ4v) is 3.51. The van der Waals surface area contributed by atoms with Crippen LogP contribution in [-0.2, 0) is 31.0 Å². The van der Waals surface area contributed by atoms with Crippen molar-refractivity contribution in [2.75, 3.05) is 16.8 Å². The van der Waals surface area contributed by atoms with Gasteiger partial charge in [0, 0.05) is 26.1 Å². The molecule has 0 saturated carbocycles. The molecule has 10 heteroatoms. The number of carbonyl (C=O) groups is 1. The fourth-order valence-electron chi connectivity index (χ4n) is 3.51. The van der Waals surface area contributed by atoms with E-state index in [0.29, 0.717) is 30.8 Å². The zero-order chi connectivity index (χ0) is 24.3. The molecule has 2 aromatic rings. The smallest absolute Gasteiger partial charge is 0.364 e. The van der Waals surface area contributed by atoms with Gasteiger partial charge in [-0.1, -0.05) is 34.6 Å². The Morgan fingerprint density at radius 1 is 1.19 bits per heavy atom. The number of nitrogens with zero attached hydrogens (tertiary/aromatic N) is 4. The number of hydrogen-bond acceptors (Lipinski definition) is 4. The number of amides is 1. The molecule has 1 amide bonds. The first kappa shape index (κ1) is 25.6. The summed E-state index contributed by atoms with van der Waals surface area (Å²) in [5, 5.41) is 6.47. The average molecular weight is 458 g/mol. The highest BCUT2D eigenvalue weighted by atomic mass is 19.4. The summed E-state index contributed by atoms with van der Waals surface area (Å²) >= 11 is 0. The van der Waals surface area contributed by atoms with Crippen molar-refractivity contribution in [2.24, 2.45) is 12.5 Å². The van der Waals surface area contributed by atoms with E-state index < -0.39 is 17.7 Å². The van der Waals surface area contributed by atoms with E-state index in [1.807, 2.05) is 34.6 Å². The van der Waals surface area contributed by atoms with Gasteiger partial charge >= 0.3 is 6.18 Å². The standard InChI is InChI=1S/C20H25F4N5O.C2H6/c1-19(2,3)10-17(30)26-18-13(21)9-15-14(25-18)6-5-7-29(15)11-12-8-16(20(22,23)24)28(4)27-12;1-2/h8-9H,5-7,10-11H2,1-4H3,(H,25,26,30);1-2H3. The molecule has 0 unspecified atom stereocenters. The second-order valence-corrected chi connectivity index (χ2v) is 8.74. The summed E-state index contributed by atoms with van der Waals surface area (Å²) in [6.45, 7) is 10.4. The van der Waals surface area contributed by atoms with E-state index in [2.05, 4.69) is 15.4 Å². The molecule has 178 valence electrons. The maximum Gasteiger partial charge on any atom is 0.433 e. The lowest BCUT2D eigenvalue weighted by atomic mass is 9.92. The number of nitrogens with one attached hydrogen (secondary N) is 1. The summed E-state index contributed by atoms with van der Waals surface area (Å²) in [5.41, 5.74) is 0.257. The molecule has 0 saturated heterocycles. The van der Waals surface area contributed by atoms with Gasteiger partial charge in [-0.2, -0.15) is 18.3 Å². The topological polar surface area (TPSA) is 63.1 Å². The average Bonchev–Trinajstić information content (AvgIpc) is 3.04. The lowest BCUT2D eigenvalue weighted by molar-refractivity contribution is -0.143. The third-order valence-electron chi connectivity index (χ3n) is 4.74. The lowest BCUT2D eigenvalue weighted by Gasteiger charge is -2.30. The van der Waals surface area contributed by atoms with E-state index in [1.54, 1.807) is 4.90 Å². The van der Waals surface area contributed by atoms with Crippen LogP contribution in [0, 0.1) is 11.2 Å². The van der Waals surface area contributed by atoms with E-state index >= 15 is 0 Å². The molecule has 2 aromatic heterocycles. The summed E-state index contributed by atoms with van der Waals surface area (Å²) in [6, 6.07) is 2.28. The van der Waals surface area contributed by atoms with Crippen molar-refractivity contribution in [1.82, 2.24) is 14.8 Å². The maximum atomic E-state index is 14.6. The minimum atomic E-state index is -4.49. The normalized spacial score (nSPS) is 13.9. The van der Waals surface area contributed by atoms with E-state index in [4.69, 9.17) is 0 Å². The summed E-state index contributed by atoms with van der Waals surface area (Å²) in [4.78, 5) is 18.2. The zero-order valence-corrected chi connectivity index (χ0v) is 19.4. The van der Waals surface area contributed by atoms with Crippen LogP contribution in [0.2, 0.25) is 0 Å². The fraction of sp³-hybridized carbons (Fsp3) is 0.591. The van der Waals surface area contributed by atoms with Gasteiger partial charge in [-0.25, -0.2) is 9.37 Å². The first-order valence-corrected chi connectivity index (χ1v) is 10.7. The molecular weight excluding hydrogens is 426 g/mol. The van der Waals surface area contributed by atoms with Crippen LogP contribution in [0.3, 0.4) is 0 Å². The Bertz CT molecular complexity index is 947.